The Morgan fingerprint density at radius 3 is 2.68 bits per heavy atom. The number of carbonyl (C=O) groups excluding carboxylic acids is 1. The Balaban J connectivity index is 1.75. The van der Waals surface area contributed by atoms with Gasteiger partial charge in [-0.05, 0) is 36.9 Å². The van der Waals surface area contributed by atoms with Gasteiger partial charge < -0.3 is 9.47 Å². The number of hydrogen-bond acceptors (Lipinski definition) is 6. The number of carbonyl (C=O) groups is 1. The van der Waals surface area contributed by atoms with Gasteiger partial charge in [0.15, 0.2) is 4.88 Å². The number of methoxy groups -OCH3 is 1. The Labute approximate surface area is 202 Å². The molecule has 0 aliphatic heterocycles. The highest BCUT2D eigenvalue weighted by atomic mass is 32.2. The zero-order valence-corrected chi connectivity index (χ0v) is 20.2. The van der Waals surface area contributed by atoms with Crippen LogP contribution >= 0.6 is 23.1 Å². The highest BCUT2D eigenvalue weighted by Gasteiger charge is 2.35. The lowest BCUT2D eigenvalue weighted by Gasteiger charge is -2.19. The van der Waals surface area contributed by atoms with E-state index in [2.05, 4.69) is 4.98 Å². The van der Waals surface area contributed by atoms with Crippen LogP contribution in [0.2, 0.25) is 0 Å². The van der Waals surface area contributed by atoms with E-state index in [0.29, 0.717) is 5.00 Å². The van der Waals surface area contributed by atoms with Crippen molar-refractivity contribution < 1.29 is 27.4 Å². The first-order chi connectivity index (χ1) is 16.2. The van der Waals surface area contributed by atoms with Crippen molar-refractivity contribution in [1.82, 2.24) is 9.55 Å². The minimum absolute atomic E-state index is 0.0200. The Bertz CT molecular complexity index is 1330. The number of benzene rings is 2. The van der Waals surface area contributed by atoms with Gasteiger partial charge in [0, 0.05) is 17.4 Å². The number of fused-ring (bicyclic) bond motifs is 1. The summed E-state index contributed by atoms with van der Waals surface area (Å²) >= 11 is 2.83. The molecule has 0 amide bonds. The molecule has 1 atom stereocenters. The van der Waals surface area contributed by atoms with Gasteiger partial charge in [0.05, 0.1) is 23.7 Å². The van der Waals surface area contributed by atoms with E-state index in [1.807, 2.05) is 29.0 Å². The van der Waals surface area contributed by atoms with Gasteiger partial charge in [-0.2, -0.15) is 24.9 Å². The van der Waals surface area contributed by atoms with Crippen LogP contribution in [0.5, 0.6) is 5.75 Å². The summed E-state index contributed by atoms with van der Waals surface area (Å²) in [4.78, 5) is 17.1. The summed E-state index contributed by atoms with van der Waals surface area (Å²) in [7, 11) is 1.25. The average Bonchev–Trinajstić information content (AvgIpc) is 3.42. The third kappa shape index (κ3) is 4.78. The Morgan fingerprint density at radius 1 is 1.21 bits per heavy atom. The minimum Gasteiger partial charge on any atom is -0.484 e. The fraction of sp³-hybridized carbons (Fsp3) is 0.250. The Hall–Kier alpha value is -2.98. The second-order valence-electron chi connectivity index (χ2n) is 7.49. The summed E-state index contributed by atoms with van der Waals surface area (Å²) in [6.07, 6.45) is -1.82. The van der Waals surface area contributed by atoms with Gasteiger partial charge in [-0.1, -0.05) is 24.3 Å². The van der Waals surface area contributed by atoms with Crippen molar-refractivity contribution in [3.05, 3.63) is 76.4 Å². The van der Waals surface area contributed by atoms with Gasteiger partial charge >= 0.3 is 12.1 Å². The summed E-state index contributed by atoms with van der Waals surface area (Å²) in [6.45, 7) is 1.52. The van der Waals surface area contributed by atoms with Crippen LogP contribution < -0.4 is 4.74 Å². The van der Waals surface area contributed by atoms with E-state index in [4.69, 9.17) is 9.47 Å². The molecule has 0 aliphatic carbocycles. The smallest absolute Gasteiger partial charge is 0.416 e. The van der Waals surface area contributed by atoms with Crippen molar-refractivity contribution in [2.75, 3.05) is 13.4 Å². The number of imidazole rings is 1. The van der Waals surface area contributed by atoms with Crippen molar-refractivity contribution in [2.24, 2.45) is 0 Å². The second kappa shape index (κ2) is 9.71. The number of halogens is 3. The summed E-state index contributed by atoms with van der Waals surface area (Å²) < 4.78 is 53.1. The molecule has 0 N–H and O–H groups in total. The predicted octanol–water partition coefficient (Wildman–Crippen LogP) is 6.90. The van der Waals surface area contributed by atoms with Gasteiger partial charge in [-0.25, -0.2) is 9.78 Å². The molecule has 4 aromatic rings. The minimum atomic E-state index is -4.52. The van der Waals surface area contributed by atoms with Gasteiger partial charge in [0.1, 0.15) is 23.2 Å². The molecule has 2 heterocycles. The highest BCUT2D eigenvalue weighted by molar-refractivity contribution is 7.97. The van der Waals surface area contributed by atoms with E-state index in [9.17, 15) is 18.0 Å². The molecule has 0 unspecified atom stereocenters. The van der Waals surface area contributed by atoms with Crippen LogP contribution in [0.3, 0.4) is 0 Å². The molecule has 2 aromatic carbocycles. The molecule has 2 aromatic heterocycles. The second-order valence-corrected chi connectivity index (χ2v) is 9.38. The summed E-state index contributed by atoms with van der Waals surface area (Å²) in [5.74, 6) is 0.359. The normalized spacial score (nSPS) is 12.6. The third-order valence-corrected chi connectivity index (χ3v) is 6.94. The van der Waals surface area contributed by atoms with E-state index in [-0.39, 0.29) is 16.2 Å². The van der Waals surface area contributed by atoms with Gasteiger partial charge in [-0.15, -0.1) is 11.3 Å². The van der Waals surface area contributed by atoms with Crippen LogP contribution in [-0.2, 0) is 16.7 Å². The average molecular weight is 507 g/mol. The molecule has 0 saturated carbocycles. The summed E-state index contributed by atoms with van der Waals surface area (Å²) in [6, 6.07) is 12.8. The van der Waals surface area contributed by atoms with Crippen molar-refractivity contribution in [3.63, 3.8) is 0 Å². The Kier molecular flexibility index (Phi) is 6.90. The largest absolute Gasteiger partial charge is 0.484 e. The summed E-state index contributed by atoms with van der Waals surface area (Å²) in [5.41, 5.74) is 1.97. The standard InChI is InChI=1S/C24H21F3N2O3S2/c1-14(16-6-4-5-7-17(16)24(25,26)27)32-20-11-21(34-22(20)23(30)31-2)29-13-28-18-9-8-15(12-33-3)10-19(18)29/h4-11,13-14H,12H2,1-3H3/t14-/m1/s1. The molecule has 0 spiro atoms. The van der Waals surface area contributed by atoms with E-state index in [1.54, 1.807) is 24.2 Å². The van der Waals surface area contributed by atoms with Crippen molar-refractivity contribution in [1.29, 1.82) is 0 Å². The molecular formula is C24H21F3N2O3S2. The molecule has 178 valence electrons. The third-order valence-electron chi connectivity index (χ3n) is 5.22. The van der Waals surface area contributed by atoms with Crippen LogP contribution in [0.15, 0.2) is 54.9 Å². The predicted molar refractivity (Wildman–Crippen MR) is 128 cm³/mol. The maximum Gasteiger partial charge on any atom is 0.416 e. The number of ether oxygens (including phenoxy) is 2. The fourth-order valence-electron chi connectivity index (χ4n) is 3.65. The molecule has 34 heavy (non-hydrogen) atoms. The Morgan fingerprint density at radius 2 is 1.97 bits per heavy atom. The number of aromatic nitrogens is 2. The summed E-state index contributed by atoms with van der Waals surface area (Å²) in [5, 5.41) is 0.635. The van der Waals surface area contributed by atoms with Gasteiger partial charge in [0.2, 0.25) is 0 Å². The number of alkyl halides is 3. The van der Waals surface area contributed by atoms with E-state index < -0.39 is 23.8 Å². The SMILES string of the molecule is COC(=O)c1sc(-n2cnc3ccc(CSC)cc32)cc1O[C@H](C)c1ccccc1C(F)(F)F. The highest BCUT2D eigenvalue weighted by Crippen LogP contribution is 2.39. The molecule has 0 saturated heterocycles. The number of nitrogens with zero attached hydrogens (tertiary/aromatic N) is 2. The fourth-order valence-corrected chi connectivity index (χ4v) is 5.16. The topological polar surface area (TPSA) is 53.4 Å². The number of thioether (sulfide) groups is 1. The molecule has 0 aliphatic rings. The quantitative estimate of drug-likeness (QED) is 0.255. The lowest BCUT2D eigenvalue weighted by molar-refractivity contribution is -0.139. The number of thiophene rings is 1. The van der Waals surface area contributed by atoms with E-state index in [1.165, 1.54) is 32.2 Å². The monoisotopic (exact) mass is 506 g/mol. The molecule has 4 rings (SSSR count). The van der Waals surface area contributed by atoms with Gasteiger partial charge in [-0.3, -0.25) is 4.57 Å². The van der Waals surface area contributed by atoms with E-state index in [0.717, 1.165) is 39.8 Å². The number of hydrogen-bond donors (Lipinski definition) is 0. The first-order valence-corrected chi connectivity index (χ1v) is 12.4. The zero-order valence-electron chi connectivity index (χ0n) is 18.6. The molecule has 5 nitrogen and oxygen atoms in total. The maximum absolute atomic E-state index is 13.5. The van der Waals surface area contributed by atoms with Crippen LogP contribution in [0.25, 0.3) is 16.0 Å². The first-order valence-electron chi connectivity index (χ1n) is 10.2. The molecule has 10 heteroatoms. The van der Waals surface area contributed by atoms with Crippen molar-refractivity contribution in [2.45, 2.75) is 25.0 Å². The lowest BCUT2D eigenvalue weighted by Crippen LogP contribution is -2.14. The van der Waals surface area contributed by atoms with Gasteiger partial charge in [0.25, 0.3) is 0 Å². The molecular weight excluding hydrogens is 485 g/mol. The van der Waals surface area contributed by atoms with Crippen LogP contribution in [0.4, 0.5) is 13.2 Å². The molecule has 0 bridgehead atoms. The maximum atomic E-state index is 13.5. The van der Waals surface area contributed by atoms with Crippen molar-refractivity contribution in [3.8, 4) is 10.8 Å². The van der Waals surface area contributed by atoms with Crippen molar-refractivity contribution >= 4 is 40.1 Å². The number of rotatable bonds is 7. The zero-order chi connectivity index (χ0) is 24.5. The van der Waals surface area contributed by atoms with Crippen LogP contribution in [0.1, 0.15) is 39.4 Å². The van der Waals surface area contributed by atoms with Crippen LogP contribution in [0, 0.1) is 0 Å². The lowest BCUT2D eigenvalue weighted by atomic mass is 10.0. The number of esters is 1. The molecule has 0 radical (unpaired) electrons. The van der Waals surface area contributed by atoms with E-state index >= 15 is 0 Å². The first kappa shape index (κ1) is 24.2. The van der Waals surface area contributed by atoms with Crippen LogP contribution in [-0.4, -0.2) is 28.9 Å². The molecule has 0 fully saturated rings.